The minimum absolute atomic E-state index is 0.00397. The first-order chi connectivity index (χ1) is 20.3. The molecule has 0 aromatic heterocycles. The zero-order valence-electron chi connectivity index (χ0n) is 24.8. The third-order valence-corrected chi connectivity index (χ3v) is 11.8. The van der Waals surface area contributed by atoms with Crippen LogP contribution in [-0.2, 0) is 4.79 Å². The second-order valence-corrected chi connectivity index (χ2v) is 14.4. The third-order valence-electron chi connectivity index (χ3n) is 10.5. The summed E-state index contributed by atoms with van der Waals surface area (Å²) >= 11 is 1.81. The molecule has 0 aromatic carbocycles. The molecule has 10 nitrogen and oxygen atoms in total. The lowest BCUT2D eigenvalue weighted by atomic mass is 9.72. The Hall–Kier alpha value is -1.51. The highest BCUT2D eigenvalue weighted by molar-refractivity contribution is 7.99. The van der Waals surface area contributed by atoms with Crippen LogP contribution < -0.4 is 26.6 Å². The molecule has 1 aliphatic carbocycles. The number of thioether (sulfide) groups is 1. The smallest absolute Gasteiger partial charge is 0.320 e. The van der Waals surface area contributed by atoms with Crippen molar-refractivity contribution in [2.75, 3.05) is 45.1 Å². The molecule has 1 saturated carbocycles. The number of nitrogens with zero attached hydrogens (tertiary/aromatic N) is 3. The first kappa shape index (κ1) is 30.5. The summed E-state index contributed by atoms with van der Waals surface area (Å²) in [6.45, 7) is 11.5. The molecule has 11 atom stereocenters. The van der Waals surface area contributed by atoms with Gasteiger partial charge in [-0.1, -0.05) is 20.4 Å². The van der Waals surface area contributed by atoms with Crippen molar-refractivity contribution >= 4 is 23.7 Å². The molecule has 6 rings (SSSR count). The van der Waals surface area contributed by atoms with Crippen molar-refractivity contribution in [3.8, 4) is 0 Å². The van der Waals surface area contributed by atoms with E-state index in [1.54, 1.807) is 16.7 Å². The van der Waals surface area contributed by atoms with E-state index < -0.39 is 30.5 Å². The van der Waals surface area contributed by atoms with Crippen LogP contribution in [0.4, 0.5) is 13.6 Å². The number of nitrogens with one attached hydrogen (secondary N) is 5. The lowest BCUT2D eigenvalue weighted by molar-refractivity contribution is -0.129. The summed E-state index contributed by atoms with van der Waals surface area (Å²) in [7, 11) is 0. The number of rotatable bonds is 3. The molecule has 3 amide bonds. The zero-order chi connectivity index (χ0) is 29.5. The highest BCUT2D eigenvalue weighted by Crippen LogP contribution is 2.41. The SMILES string of the molecule is C=CC(=O)N1CCN(C2NC(=O)N3C4NC(C(F)CC24)C2C(F)CCCC2NCCSC2NCNC(C(C)C)C23)CC1. The summed E-state index contributed by atoms with van der Waals surface area (Å²) in [5, 5.41) is 17.7. The fourth-order valence-electron chi connectivity index (χ4n) is 8.49. The van der Waals surface area contributed by atoms with Gasteiger partial charge in [0.1, 0.15) is 12.3 Å². The van der Waals surface area contributed by atoms with Gasteiger partial charge in [-0.2, -0.15) is 0 Å². The molecule has 5 heterocycles. The Bertz CT molecular complexity index is 1000. The molecule has 11 unspecified atom stereocenters. The molecule has 2 bridgehead atoms. The Balaban J connectivity index is 1.36. The van der Waals surface area contributed by atoms with Crippen LogP contribution in [-0.4, -0.2) is 126 Å². The quantitative estimate of drug-likeness (QED) is 0.302. The topological polar surface area (TPSA) is 104 Å². The summed E-state index contributed by atoms with van der Waals surface area (Å²) in [5.41, 5.74) is 0. The fourth-order valence-corrected chi connectivity index (χ4v) is 9.68. The molecule has 0 aromatic rings. The molecule has 236 valence electrons. The number of hydrogen-bond donors (Lipinski definition) is 5. The van der Waals surface area contributed by atoms with Crippen molar-refractivity contribution in [3.05, 3.63) is 12.7 Å². The van der Waals surface area contributed by atoms with Gasteiger partial charge in [0.25, 0.3) is 0 Å². The molecule has 6 aliphatic rings. The predicted octanol–water partition coefficient (Wildman–Crippen LogP) is 1.02. The largest absolute Gasteiger partial charge is 0.337 e. The molecule has 5 aliphatic heterocycles. The average molecular weight is 611 g/mol. The minimum Gasteiger partial charge on any atom is -0.337 e. The summed E-state index contributed by atoms with van der Waals surface area (Å²) in [4.78, 5) is 32.4. The van der Waals surface area contributed by atoms with Crippen LogP contribution in [0.3, 0.4) is 0 Å². The van der Waals surface area contributed by atoms with Gasteiger partial charge in [-0.25, -0.2) is 13.6 Å². The van der Waals surface area contributed by atoms with Gasteiger partial charge in [0.2, 0.25) is 5.91 Å². The van der Waals surface area contributed by atoms with E-state index in [4.69, 9.17) is 0 Å². The van der Waals surface area contributed by atoms with Gasteiger partial charge < -0.3 is 20.4 Å². The maximum absolute atomic E-state index is 16.4. The van der Waals surface area contributed by atoms with Crippen LogP contribution in [0.5, 0.6) is 0 Å². The van der Waals surface area contributed by atoms with Crippen LogP contribution in [0.2, 0.25) is 0 Å². The molecular formula is C29H48F2N8O2S. The Kier molecular flexibility index (Phi) is 9.33. The van der Waals surface area contributed by atoms with E-state index >= 15 is 8.78 Å². The molecule has 5 saturated heterocycles. The minimum atomic E-state index is -1.24. The van der Waals surface area contributed by atoms with E-state index in [-0.39, 0.29) is 59.9 Å². The maximum Gasteiger partial charge on any atom is 0.320 e. The normalized spacial score (nSPS) is 43.4. The standard InChI is InChI=1S/C29H48F2N8O2S/c1-4-21(40)37-9-11-38(12-10-37)26-17-14-19(31)24-22-18(30)6-5-7-20(22)32-8-13-42-28-25(23(16(2)3)33-15-34-28)39(27(17)35-24)29(41)36-26/h4,16-20,22-28,32-35H,1,5-15H2,2-3H3,(H,36,41). The highest BCUT2D eigenvalue weighted by atomic mass is 32.2. The number of fused-ring (bicyclic) bond motifs is 5. The summed E-state index contributed by atoms with van der Waals surface area (Å²) in [5.74, 6) is 0.243. The van der Waals surface area contributed by atoms with Crippen LogP contribution in [0, 0.1) is 17.8 Å². The van der Waals surface area contributed by atoms with Crippen molar-refractivity contribution in [1.29, 1.82) is 0 Å². The van der Waals surface area contributed by atoms with E-state index in [1.165, 1.54) is 6.08 Å². The predicted molar refractivity (Wildman–Crippen MR) is 160 cm³/mol. The molecular weight excluding hydrogens is 562 g/mol. The van der Waals surface area contributed by atoms with Crippen molar-refractivity contribution in [1.82, 2.24) is 41.3 Å². The number of amides is 3. The summed E-state index contributed by atoms with van der Waals surface area (Å²) in [6, 6.07) is -1.10. The summed E-state index contributed by atoms with van der Waals surface area (Å²) < 4.78 is 32.1. The van der Waals surface area contributed by atoms with E-state index in [0.29, 0.717) is 45.8 Å². The highest BCUT2D eigenvalue weighted by Gasteiger charge is 2.57. The van der Waals surface area contributed by atoms with Gasteiger partial charge in [0.15, 0.2) is 0 Å². The van der Waals surface area contributed by atoms with Crippen molar-refractivity contribution in [2.24, 2.45) is 17.8 Å². The van der Waals surface area contributed by atoms with Gasteiger partial charge in [-0.05, 0) is 37.7 Å². The molecule has 42 heavy (non-hydrogen) atoms. The molecule has 6 fully saturated rings. The molecule has 0 radical (unpaired) electrons. The zero-order valence-corrected chi connectivity index (χ0v) is 25.6. The van der Waals surface area contributed by atoms with E-state index in [2.05, 4.69) is 51.9 Å². The van der Waals surface area contributed by atoms with Gasteiger partial charge in [0.05, 0.1) is 23.7 Å². The van der Waals surface area contributed by atoms with Gasteiger partial charge >= 0.3 is 6.03 Å². The second-order valence-electron chi connectivity index (χ2n) is 13.1. The third kappa shape index (κ3) is 5.69. The number of alkyl halides is 2. The number of carbonyl (C=O) groups excluding carboxylic acids is 2. The molecule has 0 spiro atoms. The van der Waals surface area contributed by atoms with Gasteiger partial charge in [0, 0.05) is 75.1 Å². The molecule has 5 N–H and O–H groups in total. The van der Waals surface area contributed by atoms with Crippen LogP contribution in [0.15, 0.2) is 12.7 Å². The van der Waals surface area contributed by atoms with Crippen molar-refractivity contribution < 1.29 is 18.4 Å². The number of piperidine rings is 1. The Labute approximate surface area is 252 Å². The number of carbonyl (C=O) groups is 2. The number of urea groups is 1. The lowest BCUT2D eigenvalue weighted by Gasteiger charge is -2.59. The van der Waals surface area contributed by atoms with Crippen LogP contribution in [0.25, 0.3) is 0 Å². The van der Waals surface area contributed by atoms with Crippen LogP contribution >= 0.6 is 11.8 Å². The van der Waals surface area contributed by atoms with Crippen molar-refractivity contribution in [2.45, 2.75) is 93.7 Å². The van der Waals surface area contributed by atoms with Gasteiger partial charge in [-0.3, -0.25) is 25.6 Å². The fraction of sp³-hybridized carbons (Fsp3) is 0.862. The van der Waals surface area contributed by atoms with Crippen molar-refractivity contribution in [3.63, 3.8) is 0 Å². The van der Waals surface area contributed by atoms with Gasteiger partial charge in [-0.15, -0.1) is 11.8 Å². The monoisotopic (exact) mass is 610 g/mol. The second kappa shape index (κ2) is 12.8. The van der Waals surface area contributed by atoms with E-state index in [0.717, 1.165) is 18.6 Å². The maximum atomic E-state index is 16.4. The van der Waals surface area contributed by atoms with Crippen LogP contribution in [0.1, 0.15) is 39.5 Å². The summed E-state index contributed by atoms with van der Waals surface area (Å²) in [6.07, 6.45) is 0.489. The van der Waals surface area contributed by atoms with E-state index in [1.807, 2.05) is 4.90 Å². The number of piperazine rings is 1. The van der Waals surface area contributed by atoms with E-state index in [9.17, 15) is 9.59 Å². The molecule has 13 heteroatoms. The first-order valence-corrected chi connectivity index (χ1v) is 16.9. The first-order valence-electron chi connectivity index (χ1n) is 15.9. The number of halogens is 2. The Morgan fingerprint density at radius 1 is 1.07 bits per heavy atom. The lowest BCUT2D eigenvalue weighted by Crippen LogP contribution is -2.81. The Morgan fingerprint density at radius 3 is 2.60 bits per heavy atom. The average Bonchev–Trinajstić information content (AvgIpc) is 2.98. The Morgan fingerprint density at radius 2 is 1.86 bits per heavy atom. The number of hydrogen-bond acceptors (Lipinski definition) is 8.